The molecule has 1 aliphatic carbocycles. The van der Waals surface area contributed by atoms with Crippen LogP contribution < -0.4 is 19.8 Å². The lowest BCUT2D eigenvalue weighted by Gasteiger charge is -2.19. The molecule has 2 aromatic carbocycles. The van der Waals surface area contributed by atoms with E-state index in [1.165, 1.54) is 20.4 Å². The number of methoxy groups -OCH3 is 2. The largest absolute Gasteiger partial charge is 0.493 e. The van der Waals surface area contributed by atoms with Gasteiger partial charge in [-0.1, -0.05) is 53.2 Å². The number of aromatic nitrogens is 2. The minimum absolute atomic E-state index is 0.000382. The molecule has 1 unspecified atom stereocenters. The van der Waals surface area contributed by atoms with Gasteiger partial charge in [-0.3, -0.25) is 9.79 Å². The maximum Gasteiger partial charge on any atom is 0.341 e. The van der Waals surface area contributed by atoms with Gasteiger partial charge in [-0.25, -0.2) is 14.2 Å². The van der Waals surface area contributed by atoms with E-state index >= 15 is 4.39 Å². The average Bonchev–Trinajstić information content (AvgIpc) is 3.82. The van der Waals surface area contributed by atoms with Crippen molar-refractivity contribution in [3.8, 4) is 11.5 Å². The third-order valence-corrected chi connectivity index (χ3v) is 8.42. The van der Waals surface area contributed by atoms with Crippen molar-refractivity contribution in [2.45, 2.75) is 25.5 Å². The molecule has 238 valence electrons. The fourth-order valence-corrected chi connectivity index (χ4v) is 5.77. The van der Waals surface area contributed by atoms with Gasteiger partial charge in [-0.2, -0.15) is 0 Å². The summed E-state index contributed by atoms with van der Waals surface area (Å²) in [5.74, 6) is -1.43. The van der Waals surface area contributed by atoms with Crippen LogP contribution in [0.1, 0.15) is 40.4 Å². The summed E-state index contributed by atoms with van der Waals surface area (Å²) in [4.78, 5) is 41.4. The van der Waals surface area contributed by atoms with Crippen molar-refractivity contribution in [2.75, 3.05) is 38.8 Å². The summed E-state index contributed by atoms with van der Waals surface area (Å²) in [6.07, 6.45) is 4.71. The Bertz CT molecular complexity index is 1910. The Kier molecular flexibility index (Phi) is 8.89. The molecule has 4 aromatic rings. The second-order valence-corrected chi connectivity index (χ2v) is 11.5. The molecule has 2 fully saturated rings. The Hall–Kier alpha value is -4.97. The zero-order valence-electron chi connectivity index (χ0n) is 25.2. The van der Waals surface area contributed by atoms with E-state index < -0.39 is 22.8 Å². The summed E-state index contributed by atoms with van der Waals surface area (Å²) >= 11 is 6.52. The van der Waals surface area contributed by atoms with Gasteiger partial charge in [0.1, 0.15) is 17.8 Å². The highest BCUT2D eigenvalue weighted by molar-refractivity contribution is 6.33. The highest BCUT2D eigenvalue weighted by Gasteiger charge is 2.34. The van der Waals surface area contributed by atoms with Gasteiger partial charge in [0, 0.05) is 43.0 Å². The quantitative estimate of drug-likeness (QED) is 0.170. The summed E-state index contributed by atoms with van der Waals surface area (Å²) in [5.41, 5.74) is 1.28. The number of carboxylic acids is 1. The summed E-state index contributed by atoms with van der Waals surface area (Å²) in [6, 6.07) is 14.2. The standard InChI is InChI=1S/C33H31ClFN5O6/c1-44-27-11-8-20(28(34)30(27)45-2)18-46-38-26-17-39(15-21(26)14-36-13-19-6-4-3-5-7-19)32-25(35)12-23-29(41)24(33(42)43)16-40(22-9-10-22)31(23)37-32/h3-8,11-13,16,21-22H,9-10,14-15,17-18H2,1-2H3,(H,42,43)/b36-13?,38-26+. The summed E-state index contributed by atoms with van der Waals surface area (Å²) in [6.45, 7) is 0.933. The first kappa shape index (κ1) is 31.0. The van der Waals surface area contributed by atoms with Crippen LogP contribution in [0.15, 0.2) is 69.7 Å². The molecule has 1 saturated heterocycles. The summed E-state index contributed by atoms with van der Waals surface area (Å²) in [5, 5.41) is 14.3. The van der Waals surface area contributed by atoms with E-state index in [1.54, 1.807) is 27.8 Å². The van der Waals surface area contributed by atoms with Crippen molar-refractivity contribution < 1.29 is 28.6 Å². The second-order valence-electron chi connectivity index (χ2n) is 11.1. The molecule has 0 amide bonds. The van der Waals surface area contributed by atoms with Gasteiger partial charge in [0.05, 0.1) is 36.9 Å². The van der Waals surface area contributed by atoms with Gasteiger partial charge in [0.2, 0.25) is 5.43 Å². The number of anilines is 1. The van der Waals surface area contributed by atoms with Crippen LogP contribution in [0.25, 0.3) is 11.0 Å². The van der Waals surface area contributed by atoms with E-state index in [0.717, 1.165) is 24.5 Å². The van der Waals surface area contributed by atoms with E-state index in [1.807, 2.05) is 30.3 Å². The molecule has 3 heterocycles. The third-order valence-electron chi connectivity index (χ3n) is 8.01. The minimum atomic E-state index is -1.36. The number of hydrogen-bond acceptors (Lipinski definition) is 9. The molecule has 1 saturated carbocycles. The van der Waals surface area contributed by atoms with Crippen LogP contribution in [0.3, 0.4) is 0 Å². The maximum atomic E-state index is 15.7. The molecule has 1 atom stereocenters. The zero-order chi connectivity index (χ0) is 32.4. The van der Waals surface area contributed by atoms with Gasteiger partial charge in [0.25, 0.3) is 0 Å². The summed E-state index contributed by atoms with van der Waals surface area (Å²) in [7, 11) is 3.02. The Morgan fingerprint density at radius 1 is 1.17 bits per heavy atom. The van der Waals surface area contributed by atoms with Gasteiger partial charge in [-0.15, -0.1) is 0 Å². The molecule has 1 N–H and O–H groups in total. The minimum Gasteiger partial charge on any atom is -0.493 e. The highest BCUT2D eigenvalue weighted by atomic mass is 35.5. The molecule has 11 nitrogen and oxygen atoms in total. The first-order chi connectivity index (χ1) is 22.3. The van der Waals surface area contributed by atoms with Crippen LogP contribution in [-0.2, 0) is 11.4 Å². The Labute approximate surface area is 268 Å². The molecule has 13 heteroatoms. The number of halogens is 2. The van der Waals surface area contributed by atoms with E-state index in [0.29, 0.717) is 40.9 Å². The van der Waals surface area contributed by atoms with Crippen molar-refractivity contribution in [3.05, 3.63) is 92.5 Å². The molecule has 0 bridgehead atoms. The normalized spacial score (nSPS) is 17.3. The number of benzene rings is 2. The zero-order valence-corrected chi connectivity index (χ0v) is 25.9. The number of ether oxygens (including phenoxy) is 2. The topological polar surface area (TPSA) is 128 Å². The van der Waals surface area contributed by atoms with Crippen molar-refractivity contribution in [1.82, 2.24) is 9.55 Å². The van der Waals surface area contributed by atoms with Crippen molar-refractivity contribution in [3.63, 3.8) is 0 Å². The second kappa shape index (κ2) is 13.2. The van der Waals surface area contributed by atoms with Gasteiger partial charge in [-0.05, 0) is 30.5 Å². The molecule has 0 spiro atoms. The number of pyridine rings is 2. The lowest BCUT2D eigenvalue weighted by Crippen LogP contribution is -2.25. The fraction of sp³-hybridized carbons (Fsp3) is 0.303. The number of fused-ring (bicyclic) bond motifs is 1. The number of aromatic carboxylic acids is 1. The molecule has 0 radical (unpaired) electrons. The predicted octanol–water partition coefficient (Wildman–Crippen LogP) is 5.37. The molecule has 2 aliphatic rings. The molecule has 1 aliphatic heterocycles. The first-order valence-corrected chi connectivity index (χ1v) is 15.0. The molecule has 2 aromatic heterocycles. The first-order valence-electron chi connectivity index (χ1n) is 14.7. The molecular formula is C33H31ClFN5O6. The van der Waals surface area contributed by atoms with Crippen molar-refractivity contribution >= 4 is 46.3 Å². The number of rotatable bonds is 11. The SMILES string of the molecule is COc1ccc(CO/N=C2\CN(c3nc4c(cc3F)c(=O)c(C(=O)O)cn4C3CC3)CC2CN=Cc2ccccc2)c(Cl)c1OC. The molecule has 6 rings (SSSR count). The molecule has 46 heavy (non-hydrogen) atoms. The Morgan fingerprint density at radius 3 is 2.65 bits per heavy atom. The van der Waals surface area contributed by atoms with Gasteiger partial charge >= 0.3 is 5.97 Å². The number of oxime groups is 1. The average molecular weight is 648 g/mol. The highest BCUT2D eigenvalue weighted by Crippen LogP contribution is 2.38. The lowest BCUT2D eigenvalue weighted by atomic mass is 10.1. The van der Waals surface area contributed by atoms with E-state index in [9.17, 15) is 14.7 Å². The smallest absolute Gasteiger partial charge is 0.341 e. The van der Waals surface area contributed by atoms with Gasteiger partial charge in [0.15, 0.2) is 23.1 Å². The van der Waals surface area contributed by atoms with Crippen LogP contribution in [0.2, 0.25) is 5.02 Å². The van der Waals surface area contributed by atoms with E-state index in [4.69, 9.17) is 25.9 Å². The number of carbonyl (C=O) groups is 1. The Morgan fingerprint density at radius 2 is 1.96 bits per heavy atom. The van der Waals surface area contributed by atoms with Crippen molar-refractivity contribution in [2.24, 2.45) is 16.1 Å². The van der Waals surface area contributed by atoms with Gasteiger partial charge < -0.3 is 28.9 Å². The lowest BCUT2D eigenvalue weighted by molar-refractivity contribution is 0.0694. The predicted molar refractivity (Wildman–Crippen MR) is 173 cm³/mol. The van der Waals surface area contributed by atoms with Crippen LogP contribution in [-0.4, -0.2) is 66.4 Å². The number of nitrogens with zero attached hydrogens (tertiary/aromatic N) is 5. The maximum absolute atomic E-state index is 15.7. The number of aliphatic imine (C=N–C) groups is 1. The van der Waals surface area contributed by atoms with Crippen LogP contribution in [0.4, 0.5) is 10.2 Å². The fourth-order valence-electron chi connectivity index (χ4n) is 5.48. The van der Waals surface area contributed by atoms with E-state index in [-0.39, 0.29) is 42.0 Å². The number of hydrogen-bond donors (Lipinski definition) is 1. The summed E-state index contributed by atoms with van der Waals surface area (Å²) < 4.78 is 28.0. The van der Waals surface area contributed by atoms with Crippen LogP contribution >= 0.6 is 11.6 Å². The Balaban J connectivity index is 1.31. The monoisotopic (exact) mass is 647 g/mol. The molecular weight excluding hydrogens is 617 g/mol. The number of carboxylic acid groups (broad SMARTS) is 1. The third kappa shape index (κ3) is 6.25. The van der Waals surface area contributed by atoms with Crippen molar-refractivity contribution in [1.29, 1.82) is 0 Å². The van der Waals surface area contributed by atoms with Crippen LogP contribution in [0.5, 0.6) is 11.5 Å². The van der Waals surface area contributed by atoms with Crippen LogP contribution in [0, 0.1) is 11.7 Å². The van der Waals surface area contributed by atoms with E-state index in [2.05, 4.69) is 15.1 Å².